The Labute approximate surface area is 120 Å². The predicted molar refractivity (Wildman–Crippen MR) is 71.3 cm³/mol. The van der Waals surface area contributed by atoms with E-state index in [0.29, 0.717) is 11.6 Å². The molecule has 102 valence electrons. The number of methoxy groups -OCH3 is 1. The Kier molecular flexibility index (Phi) is 5.14. The average Bonchev–Trinajstić information content (AvgIpc) is 2.75. The minimum atomic E-state index is -1.18. The van der Waals surface area contributed by atoms with Crippen LogP contribution in [-0.2, 0) is 6.54 Å². The van der Waals surface area contributed by atoms with E-state index < -0.39 is 5.97 Å². The van der Waals surface area contributed by atoms with Crippen molar-refractivity contribution in [3.8, 4) is 5.88 Å². The summed E-state index contributed by atoms with van der Waals surface area (Å²) < 4.78 is 6.36. The molecule has 0 aliphatic carbocycles. The smallest absolute Gasteiger partial charge is 0.362 e. The Morgan fingerprint density at radius 1 is 1.47 bits per heavy atom. The van der Waals surface area contributed by atoms with Crippen LogP contribution in [0.5, 0.6) is 5.88 Å². The zero-order valence-corrected chi connectivity index (χ0v) is 11.5. The fourth-order valence-corrected chi connectivity index (χ4v) is 1.73. The molecule has 1 aromatic heterocycles. The van der Waals surface area contributed by atoms with Crippen LogP contribution in [0.25, 0.3) is 0 Å². The number of aromatic nitrogens is 3. The van der Waals surface area contributed by atoms with Gasteiger partial charge in [0.1, 0.15) is 0 Å². The maximum atomic E-state index is 10.9. The van der Waals surface area contributed by atoms with Crippen LogP contribution in [0.2, 0.25) is 5.02 Å². The summed E-state index contributed by atoms with van der Waals surface area (Å²) in [6.45, 7) is 0.295. The standard InChI is InChI=1S/C11H10ClN3O3.ClH/c1-18-10-9(11(16)17)13-14-15(10)6-7-4-2-3-5-8(7)12;/h2-5H,6H2,1H3,(H,16,17);1H. The quantitative estimate of drug-likeness (QED) is 0.936. The molecule has 0 spiro atoms. The van der Waals surface area contributed by atoms with Gasteiger partial charge in [-0.25, -0.2) is 9.48 Å². The molecule has 8 heteroatoms. The van der Waals surface area contributed by atoms with Gasteiger partial charge in [-0.3, -0.25) is 0 Å². The number of nitrogens with zero attached hydrogens (tertiary/aromatic N) is 3. The molecule has 0 bridgehead atoms. The fourth-order valence-electron chi connectivity index (χ4n) is 1.53. The van der Waals surface area contributed by atoms with E-state index in [1.54, 1.807) is 6.07 Å². The van der Waals surface area contributed by atoms with Crippen molar-refractivity contribution < 1.29 is 14.6 Å². The zero-order valence-electron chi connectivity index (χ0n) is 9.91. The van der Waals surface area contributed by atoms with Crippen molar-refractivity contribution in [3.63, 3.8) is 0 Å². The first-order valence-electron chi connectivity index (χ1n) is 5.07. The summed E-state index contributed by atoms with van der Waals surface area (Å²) in [5, 5.41) is 16.8. The molecule has 0 saturated carbocycles. The average molecular weight is 304 g/mol. The molecule has 0 radical (unpaired) electrons. The van der Waals surface area contributed by atoms with Crippen molar-refractivity contribution in [1.29, 1.82) is 0 Å². The third-order valence-corrected chi connectivity index (χ3v) is 2.73. The molecule has 1 heterocycles. The first-order chi connectivity index (χ1) is 8.63. The summed E-state index contributed by atoms with van der Waals surface area (Å²) in [6.07, 6.45) is 0. The van der Waals surface area contributed by atoms with Gasteiger partial charge in [0.2, 0.25) is 11.6 Å². The van der Waals surface area contributed by atoms with Crippen LogP contribution in [0.1, 0.15) is 16.1 Å². The van der Waals surface area contributed by atoms with E-state index in [2.05, 4.69) is 10.3 Å². The topological polar surface area (TPSA) is 77.2 Å². The third kappa shape index (κ3) is 3.15. The lowest BCUT2D eigenvalue weighted by Crippen LogP contribution is -2.06. The maximum Gasteiger partial charge on any atom is 0.362 e. The lowest BCUT2D eigenvalue weighted by molar-refractivity contribution is 0.0686. The number of aromatic carboxylic acids is 1. The molecule has 1 N–H and O–H groups in total. The number of carbonyl (C=O) groups is 1. The SMILES string of the molecule is COc1c(C(=O)O)nnn1Cc1ccccc1Cl.Cl. The summed E-state index contributed by atoms with van der Waals surface area (Å²) >= 11 is 6.02. The molecule has 0 saturated heterocycles. The van der Waals surface area contributed by atoms with E-state index in [-0.39, 0.29) is 24.0 Å². The van der Waals surface area contributed by atoms with Gasteiger partial charge < -0.3 is 9.84 Å². The van der Waals surface area contributed by atoms with Crippen LogP contribution in [-0.4, -0.2) is 33.2 Å². The van der Waals surface area contributed by atoms with Crippen LogP contribution < -0.4 is 4.74 Å². The number of rotatable bonds is 4. The van der Waals surface area contributed by atoms with Gasteiger partial charge in [0.05, 0.1) is 13.7 Å². The van der Waals surface area contributed by atoms with E-state index in [0.717, 1.165) is 5.56 Å². The van der Waals surface area contributed by atoms with E-state index in [1.165, 1.54) is 11.8 Å². The van der Waals surface area contributed by atoms with Crippen LogP contribution in [0, 0.1) is 0 Å². The van der Waals surface area contributed by atoms with Crippen molar-refractivity contribution in [2.75, 3.05) is 7.11 Å². The van der Waals surface area contributed by atoms with E-state index in [1.807, 2.05) is 18.2 Å². The minimum Gasteiger partial charge on any atom is -0.479 e. The Morgan fingerprint density at radius 3 is 2.74 bits per heavy atom. The second-order valence-corrected chi connectivity index (χ2v) is 3.91. The van der Waals surface area contributed by atoms with Crippen LogP contribution >= 0.6 is 24.0 Å². The Hall–Kier alpha value is -1.79. The van der Waals surface area contributed by atoms with Crippen molar-refractivity contribution >= 4 is 30.0 Å². The second-order valence-electron chi connectivity index (χ2n) is 3.50. The number of hydrogen-bond acceptors (Lipinski definition) is 4. The molecular formula is C11H11Cl2N3O3. The normalized spacial score (nSPS) is 9.79. The molecule has 0 aliphatic rings. The minimum absolute atomic E-state index is 0. The van der Waals surface area contributed by atoms with E-state index >= 15 is 0 Å². The lowest BCUT2D eigenvalue weighted by Gasteiger charge is -2.06. The van der Waals surface area contributed by atoms with Gasteiger partial charge in [-0.2, -0.15) is 0 Å². The van der Waals surface area contributed by atoms with Crippen LogP contribution in [0.15, 0.2) is 24.3 Å². The van der Waals surface area contributed by atoms with Gasteiger partial charge in [-0.05, 0) is 11.6 Å². The summed E-state index contributed by atoms with van der Waals surface area (Å²) in [7, 11) is 1.37. The monoisotopic (exact) mass is 303 g/mol. The molecule has 0 fully saturated rings. The van der Waals surface area contributed by atoms with Gasteiger partial charge in [0.15, 0.2) is 0 Å². The van der Waals surface area contributed by atoms with E-state index in [4.69, 9.17) is 21.4 Å². The highest BCUT2D eigenvalue weighted by Crippen LogP contribution is 2.20. The first-order valence-corrected chi connectivity index (χ1v) is 5.45. The summed E-state index contributed by atoms with van der Waals surface area (Å²) in [6, 6.07) is 7.22. The van der Waals surface area contributed by atoms with Gasteiger partial charge >= 0.3 is 5.97 Å². The predicted octanol–water partition coefficient (Wildman–Crippen LogP) is 2.11. The molecule has 1 aromatic carbocycles. The molecule has 0 aliphatic heterocycles. The number of hydrogen-bond donors (Lipinski definition) is 1. The van der Waals surface area contributed by atoms with Crippen molar-refractivity contribution in [1.82, 2.24) is 15.0 Å². The van der Waals surface area contributed by atoms with E-state index in [9.17, 15) is 4.79 Å². The molecule has 0 amide bonds. The Morgan fingerprint density at radius 2 is 2.16 bits per heavy atom. The highest BCUT2D eigenvalue weighted by atomic mass is 35.5. The molecule has 19 heavy (non-hydrogen) atoms. The molecule has 2 rings (SSSR count). The Bertz CT molecular complexity index is 586. The van der Waals surface area contributed by atoms with Gasteiger partial charge in [0.25, 0.3) is 0 Å². The van der Waals surface area contributed by atoms with Crippen molar-refractivity contribution in [2.24, 2.45) is 0 Å². The lowest BCUT2D eigenvalue weighted by atomic mass is 10.2. The fraction of sp³-hybridized carbons (Fsp3) is 0.182. The number of benzene rings is 1. The summed E-state index contributed by atoms with van der Waals surface area (Å²) in [4.78, 5) is 10.9. The maximum absolute atomic E-state index is 10.9. The number of carboxylic acids is 1. The van der Waals surface area contributed by atoms with Crippen molar-refractivity contribution in [2.45, 2.75) is 6.54 Å². The first kappa shape index (κ1) is 15.3. The van der Waals surface area contributed by atoms with Gasteiger partial charge in [-0.1, -0.05) is 35.0 Å². The summed E-state index contributed by atoms with van der Waals surface area (Å²) in [5.74, 6) is -1.08. The summed E-state index contributed by atoms with van der Waals surface area (Å²) in [5.41, 5.74) is 0.587. The second kappa shape index (κ2) is 6.40. The number of halogens is 2. The number of carboxylic acid groups (broad SMARTS) is 1. The van der Waals surface area contributed by atoms with Crippen LogP contribution in [0.3, 0.4) is 0 Å². The van der Waals surface area contributed by atoms with Gasteiger partial charge in [-0.15, -0.1) is 17.5 Å². The van der Waals surface area contributed by atoms with Gasteiger partial charge in [0, 0.05) is 5.02 Å². The zero-order chi connectivity index (χ0) is 13.1. The molecular weight excluding hydrogens is 293 g/mol. The molecule has 2 aromatic rings. The molecule has 6 nitrogen and oxygen atoms in total. The Balaban J connectivity index is 0.00000180. The largest absolute Gasteiger partial charge is 0.479 e. The molecule has 0 unspecified atom stereocenters. The third-order valence-electron chi connectivity index (χ3n) is 2.36. The highest BCUT2D eigenvalue weighted by Gasteiger charge is 2.20. The van der Waals surface area contributed by atoms with Crippen LogP contribution in [0.4, 0.5) is 0 Å². The molecule has 0 atom stereocenters. The number of ether oxygens (including phenoxy) is 1. The van der Waals surface area contributed by atoms with Crippen molar-refractivity contribution in [3.05, 3.63) is 40.5 Å². The highest BCUT2D eigenvalue weighted by molar-refractivity contribution is 6.31.